The predicted molar refractivity (Wildman–Crippen MR) is 133 cm³/mol. The van der Waals surface area contributed by atoms with Gasteiger partial charge in [-0.25, -0.2) is 4.79 Å². The number of hydrogen-bond donors (Lipinski definition) is 0. The van der Waals surface area contributed by atoms with E-state index in [0.717, 1.165) is 16.9 Å². The standard InChI is InChI=1S/C27H24N4O4/c1-2-34-21-14-12-20(13-15-21)25-28-24(35-29-25)18-31-23-11-7-6-10-22(23)26(32)30(27(31)33)17-16-19-8-4-3-5-9-19/h3-15H,2,16-18H2,1H3. The number of benzene rings is 3. The highest BCUT2D eigenvalue weighted by molar-refractivity contribution is 5.77. The summed E-state index contributed by atoms with van der Waals surface area (Å²) < 4.78 is 13.7. The Morgan fingerprint density at radius 3 is 2.40 bits per heavy atom. The lowest BCUT2D eigenvalue weighted by Crippen LogP contribution is -2.40. The van der Waals surface area contributed by atoms with E-state index >= 15 is 0 Å². The molecule has 0 aliphatic carbocycles. The Labute approximate surface area is 201 Å². The van der Waals surface area contributed by atoms with Crippen LogP contribution in [-0.2, 0) is 19.5 Å². The quantitative estimate of drug-likeness (QED) is 0.343. The van der Waals surface area contributed by atoms with Crippen LogP contribution >= 0.6 is 0 Å². The monoisotopic (exact) mass is 468 g/mol. The molecule has 35 heavy (non-hydrogen) atoms. The molecule has 176 valence electrons. The first-order chi connectivity index (χ1) is 17.1. The zero-order chi connectivity index (χ0) is 24.2. The molecule has 0 radical (unpaired) electrons. The number of aryl methyl sites for hydroxylation is 1. The van der Waals surface area contributed by atoms with Crippen LogP contribution in [0.5, 0.6) is 5.75 Å². The highest BCUT2D eigenvalue weighted by Crippen LogP contribution is 2.20. The van der Waals surface area contributed by atoms with E-state index in [1.165, 1.54) is 9.13 Å². The Bertz CT molecular complexity index is 1570. The lowest BCUT2D eigenvalue weighted by Gasteiger charge is -2.12. The van der Waals surface area contributed by atoms with Gasteiger partial charge in [-0.1, -0.05) is 47.6 Å². The van der Waals surface area contributed by atoms with E-state index in [1.54, 1.807) is 24.3 Å². The highest BCUT2D eigenvalue weighted by Gasteiger charge is 2.16. The van der Waals surface area contributed by atoms with Crippen LogP contribution in [0.15, 0.2) is 93.0 Å². The second-order valence-electron chi connectivity index (χ2n) is 8.05. The van der Waals surface area contributed by atoms with Gasteiger partial charge in [0.25, 0.3) is 5.56 Å². The van der Waals surface area contributed by atoms with Crippen molar-refractivity contribution in [2.45, 2.75) is 26.4 Å². The first-order valence-electron chi connectivity index (χ1n) is 11.5. The Hall–Kier alpha value is -4.46. The molecule has 3 aromatic carbocycles. The molecule has 0 aliphatic rings. The van der Waals surface area contributed by atoms with Gasteiger partial charge in [-0.15, -0.1) is 0 Å². The Morgan fingerprint density at radius 2 is 1.63 bits per heavy atom. The molecule has 0 saturated heterocycles. The molecular formula is C27H24N4O4. The van der Waals surface area contributed by atoms with Crippen molar-refractivity contribution in [2.24, 2.45) is 0 Å². The average molecular weight is 469 g/mol. The van der Waals surface area contributed by atoms with E-state index < -0.39 is 5.69 Å². The smallest absolute Gasteiger partial charge is 0.331 e. The van der Waals surface area contributed by atoms with Crippen molar-refractivity contribution in [1.29, 1.82) is 0 Å². The molecule has 0 amide bonds. The number of para-hydroxylation sites is 1. The molecule has 0 unspecified atom stereocenters. The summed E-state index contributed by atoms with van der Waals surface area (Å²) in [6, 6.07) is 24.2. The van der Waals surface area contributed by atoms with E-state index in [-0.39, 0.29) is 24.5 Å². The van der Waals surface area contributed by atoms with Crippen molar-refractivity contribution in [3.05, 3.63) is 111 Å². The Morgan fingerprint density at radius 1 is 0.886 bits per heavy atom. The molecule has 5 aromatic rings. The van der Waals surface area contributed by atoms with Crippen LogP contribution in [0.4, 0.5) is 0 Å². The third-order valence-electron chi connectivity index (χ3n) is 5.78. The van der Waals surface area contributed by atoms with E-state index in [1.807, 2.05) is 61.5 Å². The number of ether oxygens (including phenoxy) is 1. The van der Waals surface area contributed by atoms with Crippen molar-refractivity contribution in [3.63, 3.8) is 0 Å². The summed E-state index contributed by atoms with van der Waals surface area (Å²) in [4.78, 5) is 31.0. The van der Waals surface area contributed by atoms with Gasteiger partial charge < -0.3 is 9.26 Å². The van der Waals surface area contributed by atoms with Crippen molar-refractivity contribution in [3.8, 4) is 17.1 Å². The van der Waals surface area contributed by atoms with Crippen LogP contribution in [0.2, 0.25) is 0 Å². The summed E-state index contributed by atoms with van der Waals surface area (Å²) in [6.07, 6.45) is 0.566. The summed E-state index contributed by atoms with van der Waals surface area (Å²) in [7, 11) is 0. The molecule has 8 heteroatoms. The van der Waals surface area contributed by atoms with Gasteiger partial charge >= 0.3 is 5.69 Å². The zero-order valence-corrected chi connectivity index (χ0v) is 19.3. The summed E-state index contributed by atoms with van der Waals surface area (Å²) in [6.45, 7) is 2.83. The second-order valence-corrected chi connectivity index (χ2v) is 8.05. The fraction of sp³-hybridized carbons (Fsp3) is 0.185. The molecule has 0 saturated carbocycles. The summed E-state index contributed by atoms with van der Waals surface area (Å²) in [5.74, 6) is 1.45. The van der Waals surface area contributed by atoms with Gasteiger partial charge in [0.2, 0.25) is 11.7 Å². The summed E-state index contributed by atoms with van der Waals surface area (Å²) >= 11 is 0. The maximum absolute atomic E-state index is 13.4. The maximum Gasteiger partial charge on any atom is 0.331 e. The second kappa shape index (κ2) is 9.80. The molecule has 8 nitrogen and oxygen atoms in total. The molecule has 0 aliphatic heterocycles. The SMILES string of the molecule is CCOc1ccc(-c2noc(Cn3c(=O)n(CCc4ccccc4)c(=O)c4ccccc43)n2)cc1. The fourth-order valence-electron chi connectivity index (χ4n) is 4.04. The van der Waals surface area contributed by atoms with Crippen LogP contribution in [0.3, 0.4) is 0 Å². The Balaban J connectivity index is 1.48. The van der Waals surface area contributed by atoms with Crippen LogP contribution in [0.25, 0.3) is 22.3 Å². The average Bonchev–Trinajstić information content (AvgIpc) is 3.36. The topological polar surface area (TPSA) is 92.2 Å². The normalized spacial score (nSPS) is 11.1. The van der Waals surface area contributed by atoms with Crippen molar-refractivity contribution in [1.82, 2.24) is 19.3 Å². The number of fused-ring (bicyclic) bond motifs is 1. The fourth-order valence-corrected chi connectivity index (χ4v) is 4.04. The lowest BCUT2D eigenvalue weighted by atomic mass is 10.1. The molecule has 5 rings (SSSR count). The van der Waals surface area contributed by atoms with Gasteiger partial charge in [-0.3, -0.25) is 13.9 Å². The number of hydrogen-bond acceptors (Lipinski definition) is 6. The zero-order valence-electron chi connectivity index (χ0n) is 19.3. The summed E-state index contributed by atoms with van der Waals surface area (Å²) in [5, 5.41) is 4.54. The van der Waals surface area contributed by atoms with Crippen LogP contribution in [0, 0.1) is 0 Å². The first kappa shape index (κ1) is 22.3. The van der Waals surface area contributed by atoms with Crippen molar-refractivity contribution >= 4 is 10.9 Å². The number of rotatable bonds is 8. The molecule has 0 atom stereocenters. The van der Waals surface area contributed by atoms with Crippen LogP contribution in [0.1, 0.15) is 18.4 Å². The van der Waals surface area contributed by atoms with Crippen LogP contribution < -0.4 is 16.0 Å². The maximum atomic E-state index is 13.4. The molecule has 2 heterocycles. The molecule has 0 bridgehead atoms. The molecule has 2 aromatic heterocycles. The van der Waals surface area contributed by atoms with Crippen molar-refractivity contribution in [2.75, 3.05) is 6.61 Å². The minimum Gasteiger partial charge on any atom is -0.494 e. The highest BCUT2D eigenvalue weighted by atomic mass is 16.5. The van der Waals surface area contributed by atoms with Gasteiger partial charge in [0.1, 0.15) is 12.3 Å². The number of aromatic nitrogens is 4. The van der Waals surface area contributed by atoms with E-state index in [4.69, 9.17) is 9.26 Å². The minimum atomic E-state index is -0.412. The molecular weight excluding hydrogens is 444 g/mol. The van der Waals surface area contributed by atoms with E-state index in [0.29, 0.717) is 29.8 Å². The van der Waals surface area contributed by atoms with E-state index in [9.17, 15) is 9.59 Å². The number of nitrogens with zero attached hydrogens (tertiary/aromatic N) is 4. The first-order valence-corrected chi connectivity index (χ1v) is 11.5. The van der Waals surface area contributed by atoms with Gasteiger partial charge in [-0.05, 0) is 55.3 Å². The van der Waals surface area contributed by atoms with Gasteiger partial charge in [0.15, 0.2) is 0 Å². The molecule has 0 N–H and O–H groups in total. The van der Waals surface area contributed by atoms with Gasteiger partial charge in [0.05, 0.1) is 17.5 Å². The summed E-state index contributed by atoms with van der Waals surface area (Å²) in [5.41, 5.74) is 1.63. The largest absolute Gasteiger partial charge is 0.494 e. The van der Waals surface area contributed by atoms with Gasteiger partial charge in [-0.2, -0.15) is 4.98 Å². The lowest BCUT2D eigenvalue weighted by molar-refractivity contribution is 0.340. The van der Waals surface area contributed by atoms with Gasteiger partial charge in [0, 0.05) is 12.1 Å². The minimum absolute atomic E-state index is 0.0506. The van der Waals surface area contributed by atoms with Crippen molar-refractivity contribution < 1.29 is 9.26 Å². The third kappa shape index (κ3) is 4.63. The third-order valence-corrected chi connectivity index (χ3v) is 5.78. The van der Waals surface area contributed by atoms with E-state index in [2.05, 4.69) is 10.1 Å². The molecule has 0 spiro atoms. The molecule has 0 fully saturated rings. The predicted octanol–water partition coefficient (Wildman–Crippen LogP) is 3.90. The van der Waals surface area contributed by atoms with Crippen LogP contribution in [-0.4, -0.2) is 25.9 Å². The Kier molecular flexibility index (Phi) is 6.26.